The highest BCUT2D eigenvalue weighted by Gasteiger charge is 2.16. The van der Waals surface area contributed by atoms with Crippen LogP contribution in [0.4, 0.5) is 5.69 Å². The lowest BCUT2D eigenvalue weighted by Crippen LogP contribution is -2.21. The number of aromatic nitrogens is 2. The molecule has 3 rings (SSSR count). The Kier molecular flexibility index (Phi) is 3.74. The van der Waals surface area contributed by atoms with Crippen LogP contribution >= 0.6 is 0 Å². The summed E-state index contributed by atoms with van der Waals surface area (Å²) in [6.45, 7) is 4.20. The third kappa shape index (κ3) is 2.56. The number of anilines is 1. The van der Waals surface area contributed by atoms with Gasteiger partial charge >= 0.3 is 0 Å². The second kappa shape index (κ2) is 5.67. The van der Waals surface area contributed by atoms with Crippen molar-refractivity contribution in [2.24, 2.45) is 0 Å². The van der Waals surface area contributed by atoms with Crippen molar-refractivity contribution in [3.05, 3.63) is 47.5 Å². The maximum atomic E-state index is 4.34. The minimum Gasteiger partial charge on any atom is -0.374 e. The largest absolute Gasteiger partial charge is 0.374 e. The summed E-state index contributed by atoms with van der Waals surface area (Å²) in [5, 5.41) is 3.58. The van der Waals surface area contributed by atoms with Gasteiger partial charge in [0.05, 0.1) is 6.04 Å². The first-order valence-electron chi connectivity index (χ1n) is 7.33. The molecule has 0 bridgehead atoms. The van der Waals surface area contributed by atoms with E-state index in [9.17, 15) is 0 Å². The summed E-state index contributed by atoms with van der Waals surface area (Å²) in [7, 11) is 2.16. The number of aromatic amines is 1. The Hall–Kier alpha value is -1.81. The van der Waals surface area contributed by atoms with Crippen LogP contribution in [0.5, 0.6) is 0 Å². The van der Waals surface area contributed by atoms with E-state index in [1.165, 1.54) is 16.8 Å². The van der Waals surface area contributed by atoms with Gasteiger partial charge < -0.3 is 15.2 Å². The zero-order valence-corrected chi connectivity index (χ0v) is 12.2. The SMILES string of the molecule is CCC(NCc1ccc2c(c1)CCN2C)c1ncc[nH]1. The summed E-state index contributed by atoms with van der Waals surface area (Å²) in [6.07, 6.45) is 5.88. The standard InChI is InChI=1S/C16H22N4/c1-3-14(16-17-7-8-18-16)19-11-12-4-5-15-13(10-12)6-9-20(15)2/h4-5,7-8,10,14,19H,3,6,9,11H2,1-2H3,(H,17,18). The lowest BCUT2D eigenvalue weighted by atomic mass is 10.1. The first-order valence-corrected chi connectivity index (χ1v) is 7.33. The molecule has 0 radical (unpaired) electrons. The highest BCUT2D eigenvalue weighted by molar-refractivity contribution is 5.58. The van der Waals surface area contributed by atoms with Crippen LogP contribution in [-0.2, 0) is 13.0 Å². The number of imidazole rings is 1. The molecule has 1 aromatic carbocycles. The van der Waals surface area contributed by atoms with E-state index in [2.05, 4.69) is 52.4 Å². The van der Waals surface area contributed by atoms with Gasteiger partial charge in [0.25, 0.3) is 0 Å². The molecule has 1 aromatic heterocycles. The molecule has 1 atom stereocenters. The second-order valence-corrected chi connectivity index (χ2v) is 5.45. The first-order chi connectivity index (χ1) is 9.78. The topological polar surface area (TPSA) is 44.0 Å². The number of nitrogens with one attached hydrogen (secondary N) is 2. The number of benzene rings is 1. The van der Waals surface area contributed by atoms with Gasteiger partial charge in [-0.15, -0.1) is 0 Å². The minimum atomic E-state index is 0.293. The fraction of sp³-hybridized carbons (Fsp3) is 0.438. The highest BCUT2D eigenvalue weighted by Crippen LogP contribution is 2.27. The number of nitrogens with zero attached hydrogens (tertiary/aromatic N) is 2. The summed E-state index contributed by atoms with van der Waals surface area (Å²) in [6, 6.07) is 7.09. The van der Waals surface area contributed by atoms with Crippen molar-refractivity contribution in [1.82, 2.24) is 15.3 Å². The van der Waals surface area contributed by atoms with Gasteiger partial charge in [-0.05, 0) is 30.0 Å². The molecule has 0 saturated heterocycles. The molecule has 4 nitrogen and oxygen atoms in total. The lowest BCUT2D eigenvalue weighted by molar-refractivity contribution is 0.498. The zero-order chi connectivity index (χ0) is 13.9. The summed E-state index contributed by atoms with van der Waals surface area (Å²) < 4.78 is 0. The predicted octanol–water partition coefficient (Wildman–Crippen LogP) is 2.64. The van der Waals surface area contributed by atoms with Gasteiger partial charge in [0.1, 0.15) is 5.82 Å². The molecule has 2 N–H and O–H groups in total. The maximum absolute atomic E-state index is 4.34. The number of rotatable bonds is 5. The summed E-state index contributed by atoms with van der Waals surface area (Å²) >= 11 is 0. The van der Waals surface area contributed by atoms with E-state index in [0.717, 1.165) is 31.8 Å². The third-order valence-corrected chi connectivity index (χ3v) is 4.08. The van der Waals surface area contributed by atoms with Crippen molar-refractivity contribution >= 4 is 5.69 Å². The molecule has 106 valence electrons. The normalized spacial score (nSPS) is 15.4. The molecule has 1 unspecified atom stereocenters. The number of hydrogen-bond acceptors (Lipinski definition) is 3. The quantitative estimate of drug-likeness (QED) is 0.878. The molecule has 0 fully saturated rings. The smallest absolute Gasteiger partial charge is 0.123 e. The van der Waals surface area contributed by atoms with Crippen LogP contribution in [-0.4, -0.2) is 23.6 Å². The van der Waals surface area contributed by atoms with E-state index < -0.39 is 0 Å². The van der Waals surface area contributed by atoms with E-state index in [-0.39, 0.29) is 0 Å². The Balaban J connectivity index is 1.66. The zero-order valence-electron chi connectivity index (χ0n) is 12.2. The third-order valence-electron chi connectivity index (χ3n) is 4.08. The maximum Gasteiger partial charge on any atom is 0.123 e. The van der Waals surface area contributed by atoms with Gasteiger partial charge in [-0.2, -0.15) is 0 Å². The van der Waals surface area contributed by atoms with Gasteiger partial charge in [-0.1, -0.05) is 19.1 Å². The lowest BCUT2D eigenvalue weighted by Gasteiger charge is -2.16. The number of H-pyrrole nitrogens is 1. The molecule has 4 heteroatoms. The van der Waals surface area contributed by atoms with Crippen molar-refractivity contribution in [3.8, 4) is 0 Å². The molecular weight excluding hydrogens is 248 g/mol. The number of fused-ring (bicyclic) bond motifs is 1. The Labute approximate surface area is 120 Å². The second-order valence-electron chi connectivity index (χ2n) is 5.45. The van der Waals surface area contributed by atoms with E-state index >= 15 is 0 Å². The van der Waals surface area contributed by atoms with Crippen molar-refractivity contribution in [2.75, 3.05) is 18.5 Å². The summed E-state index contributed by atoms with van der Waals surface area (Å²) in [5.74, 6) is 1.02. The van der Waals surface area contributed by atoms with Crippen LogP contribution in [0.2, 0.25) is 0 Å². The minimum absolute atomic E-state index is 0.293. The molecule has 2 aromatic rings. The number of likely N-dealkylation sites (N-methyl/N-ethyl adjacent to an activating group) is 1. The first kappa shape index (κ1) is 13.2. The summed E-state index contributed by atoms with van der Waals surface area (Å²) in [4.78, 5) is 9.86. The molecule has 0 amide bonds. The van der Waals surface area contributed by atoms with Gasteiger partial charge in [0.15, 0.2) is 0 Å². The fourth-order valence-corrected chi connectivity index (χ4v) is 2.87. The van der Waals surface area contributed by atoms with Gasteiger partial charge in [0.2, 0.25) is 0 Å². The van der Waals surface area contributed by atoms with Gasteiger partial charge in [-0.3, -0.25) is 0 Å². The van der Waals surface area contributed by atoms with Crippen LogP contribution in [0.3, 0.4) is 0 Å². The Morgan fingerprint density at radius 2 is 2.35 bits per heavy atom. The predicted molar refractivity (Wildman–Crippen MR) is 81.9 cm³/mol. The number of hydrogen-bond donors (Lipinski definition) is 2. The van der Waals surface area contributed by atoms with E-state index in [1.54, 1.807) is 0 Å². The van der Waals surface area contributed by atoms with Gasteiger partial charge in [0, 0.05) is 38.2 Å². The van der Waals surface area contributed by atoms with Crippen LogP contribution in [0, 0.1) is 0 Å². The molecule has 0 saturated carbocycles. The molecule has 1 aliphatic rings. The van der Waals surface area contributed by atoms with E-state index in [1.807, 2.05) is 12.4 Å². The van der Waals surface area contributed by atoms with E-state index in [0.29, 0.717) is 6.04 Å². The average Bonchev–Trinajstić information content (AvgIpc) is 3.10. The van der Waals surface area contributed by atoms with Gasteiger partial charge in [-0.25, -0.2) is 4.98 Å². The van der Waals surface area contributed by atoms with Crippen molar-refractivity contribution < 1.29 is 0 Å². The molecule has 0 aliphatic carbocycles. The van der Waals surface area contributed by atoms with Crippen LogP contribution in [0.25, 0.3) is 0 Å². The molecular formula is C16H22N4. The molecule has 2 heterocycles. The van der Waals surface area contributed by atoms with Crippen LogP contribution in [0.15, 0.2) is 30.6 Å². The van der Waals surface area contributed by atoms with E-state index in [4.69, 9.17) is 0 Å². The Bertz CT molecular complexity index is 562. The average molecular weight is 270 g/mol. The summed E-state index contributed by atoms with van der Waals surface area (Å²) in [5.41, 5.74) is 4.20. The molecule has 20 heavy (non-hydrogen) atoms. The Morgan fingerprint density at radius 3 is 3.10 bits per heavy atom. The van der Waals surface area contributed by atoms with Crippen LogP contribution < -0.4 is 10.2 Å². The van der Waals surface area contributed by atoms with Crippen molar-refractivity contribution in [3.63, 3.8) is 0 Å². The molecule has 1 aliphatic heterocycles. The van der Waals surface area contributed by atoms with Crippen molar-refractivity contribution in [2.45, 2.75) is 32.4 Å². The van der Waals surface area contributed by atoms with Crippen LogP contribution in [0.1, 0.15) is 36.3 Å². The highest BCUT2D eigenvalue weighted by atomic mass is 15.1. The van der Waals surface area contributed by atoms with Crippen molar-refractivity contribution in [1.29, 1.82) is 0 Å². The Morgan fingerprint density at radius 1 is 1.45 bits per heavy atom. The fourth-order valence-electron chi connectivity index (χ4n) is 2.87. The molecule has 0 spiro atoms. The monoisotopic (exact) mass is 270 g/mol.